The molecule has 0 unspecified atom stereocenters. The largest absolute Gasteiger partial charge is 0.321 e. The van der Waals surface area contributed by atoms with E-state index in [0.29, 0.717) is 18.9 Å². The molecule has 1 fully saturated rings. The summed E-state index contributed by atoms with van der Waals surface area (Å²) < 4.78 is 14.4. The summed E-state index contributed by atoms with van der Waals surface area (Å²) in [5, 5.41) is 2.70. The Morgan fingerprint density at radius 2 is 1.96 bits per heavy atom. The van der Waals surface area contributed by atoms with E-state index in [4.69, 9.17) is 0 Å². The van der Waals surface area contributed by atoms with Crippen LogP contribution in [-0.2, 0) is 11.3 Å². The Labute approximate surface area is 134 Å². The van der Waals surface area contributed by atoms with Crippen molar-refractivity contribution in [3.63, 3.8) is 0 Å². The normalized spacial score (nSPS) is 13.8. The summed E-state index contributed by atoms with van der Waals surface area (Å²) in [6.07, 6.45) is 5.43. The number of halogens is 1. The zero-order valence-corrected chi connectivity index (χ0v) is 12.8. The first-order chi connectivity index (χ1) is 11.1. The molecule has 0 atom stereocenters. The van der Waals surface area contributed by atoms with Crippen LogP contribution in [0.5, 0.6) is 0 Å². The van der Waals surface area contributed by atoms with Crippen LogP contribution in [0, 0.1) is 11.7 Å². The maximum atomic E-state index is 12.9. The number of carbonyl (C=O) groups is 1. The number of nitrogens with zero attached hydrogens (tertiary/aromatic N) is 1. The number of nitrogens with one attached hydrogen (secondary N) is 1. The number of hydrogen-bond donors (Lipinski definition) is 1. The van der Waals surface area contributed by atoms with Gasteiger partial charge in [0.05, 0.1) is 6.54 Å². The van der Waals surface area contributed by atoms with Gasteiger partial charge in [-0.3, -0.25) is 9.59 Å². The average Bonchev–Trinajstić information content (AvgIpc) is 3.36. The molecule has 1 amide bonds. The van der Waals surface area contributed by atoms with Crippen LogP contribution in [0.25, 0.3) is 0 Å². The minimum atomic E-state index is -0.308. The molecule has 0 bridgehead atoms. The van der Waals surface area contributed by atoms with E-state index in [1.165, 1.54) is 29.5 Å². The van der Waals surface area contributed by atoms with Crippen molar-refractivity contribution in [2.75, 3.05) is 5.32 Å². The highest BCUT2D eigenvalue weighted by atomic mass is 19.1. The van der Waals surface area contributed by atoms with Crippen molar-refractivity contribution < 1.29 is 9.18 Å². The van der Waals surface area contributed by atoms with Gasteiger partial charge in [-0.25, -0.2) is 4.39 Å². The summed E-state index contributed by atoms with van der Waals surface area (Å²) in [5.41, 5.74) is 0.859. The highest BCUT2D eigenvalue weighted by molar-refractivity contribution is 5.90. The molecule has 1 N–H and O–H groups in total. The number of anilines is 1. The summed E-state index contributed by atoms with van der Waals surface area (Å²) in [5.74, 6) is 0.262. The maximum Gasteiger partial charge on any atom is 0.274 e. The molecule has 0 spiro atoms. The Bertz CT molecular complexity index is 748. The van der Waals surface area contributed by atoms with Gasteiger partial charge in [0.15, 0.2) is 0 Å². The molecule has 0 saturated heterocycles. The number of amides is 1. The van der Waals surface area contributed by atoms with Crippen molar-refractivity contribution in [1.29, 1.82) is 0 Å². The molecule has 1 aromatic carbocycles. The molecule has 0 aliphatic heterocycles. The van der Waals surface area contributed by atoms with E-state index in [0.717, 1.165) is 12.0 Å². The predicted octanol–water partition coefficient (Wildman–Crippen LogP) is 3.16. The van der Waals surface area contributed by atoms with E-state index >= 15 is 0 Å². The first-order valence-corrected chi connectivity index (χ1v) is 7.85. The molecular formula is C18H19FN2O2. The molecule has 0 radical (unpaired) electrons. The van der Waals surface area contributed by atoms with Crippen LogP contribution in [-0.4, -0.2) is 10.5 Å². The summed E-state index contributed by atoms with van der Waals surface area (Å²) in [7, 11) is 0. The van der Waals surface area contributed by atoms with Crippen LogP contribution in [0.15, 0.2) is 47.4 Å². The van der Waals surface area contributed by atoms with Crippen molar-refractivity contribution in [2.45, 2.75) is 32.2 Å². The second-order valence-electron chi connectivity index (χ2n) is 6.01. The van der Waals surface area contributed by atoms with E-state index in [-0.39, 0.29) is 23.0 Å². The lowest BCUT2D eigenvalue weighted by molar-refractivity contribution is -0.116. The molecule has 1 aromatic heterocycles. The molecule has 1 aliphatic carbocycles. The minimum absolute atomic E-state index is 0.117. The van der Waals surface area contributed by atoms with Gasteiger partial charge in [0.1, 0.15) is 11.5 Å². The number of hydrogen-bond acceptors (Lipinski definition) is 2. The smallest absolute Gasteiger partial charge is 0.274 e. The first kappa shape index (κ1) is 15.5. The van der Waals surface area contributed by atoms with Crippen LogP contribution in [0.2, 0.25) is 0 Å². The van der Waals surface area contributed by atoms with Gasteiger partial charge in [-0.1, -0.05) is 25.0 Å². The number of benzene rings is 1. The fraction of sp³-hybridized carbons (Fsp3) is 0.333. The Kier molecular flexibility index (Phi) is 4.55. The highest BCUT2D eigenvalue weighted by Gasteiger charge is 2.22. The Morgan fingerprint density at radius 3 is 2.65 bits per heavy atom. The number of carbonyl (C=O) groups excluding carboxylic acids is 1. The van der Waals surface area contributed by atoms with Gasteiger partial charge >= 0.3 is 0 Å². The van der Waals surface area contributed by atoms with Gasteiger partial charge in [-0.05, 0) is 42.2 Å². The molecule has 23 heavy (non-hydrogen) atoms. The van der Waals surface area contributed by atoms with E-state index < -0.39 is 0 Å². The quantitative estimate of drug-likeness (QED) is 0.890. The van der Waals surface area contributed by atoms with E-state index in [2.05, 4.69) is 5.32 Å². The van der Waals surface area contributed by atoms with Crippen molar-refractivity contribution in [1.82, 2.24) is 4.57 Å². The minimum Gasteiger partial charge on any atom is -0.321 e. The lowest BCUT2D eigenvalue weighted by Crippen LogP contribution is -2.25. The Balaban J connectivity index is 1.68. The standard InChI is InChI=1S/C18H19FN2O2/c19-15-8-5-14(6-9-15)12-21-11-1-2-16(18(21)23)20-17(22)10-7-13-3-4-13/h1-2,5-6,8-9,11,13H,3-4,7,10,12H2,(H,20,22). The fourth-order valence-electron chi connectivity index (χ4n) is 2.50. The average molecular weight is 314 g/mol. The third-order valence-corrected chi connectivity index (χ3v) is 4.04. The maximum absolute atomic E-state index is 12.9. The van der Waals surface area contributed by atoms with Gasteiger partial charge in [0.25, 0.3) is 5.56 Å². The van der Waals surface area contributed by atoms with E-state index in [9.17, 15) is 14.0 Å². The third kappa shape index (κ3) is 4.28. The van der Waals surface area contributed by atoms with Gasteiger partial charge in [-0.2, -0.15) is 0 Å². The van der Waals surface area contributed by atoms with Crippen molar-refractivity contribution in [2.24, 2.45) is 5.92 Å². The highest BCUT2D eigenvalue weighted by Crippen LogP contribution is 2.33. The van der Waals surface area contributed by atoms with Crippen molar-refractivity contribution in [3.8, 4) is 0 Å². The SMILES string of the molecule is O=C(CCC1CC1)Nc1cccn(Cc2ccc(F)cc2)c1=O. The topological polar surface area (TPSA) is 51.1 Å². The molecule has 120 valence electrons. The molecule has 5 heteroatoms. The number of rotatable bonds is 6. The van der Waals surface area contributed by atoms with Crippen LogP contribution in [0.1, 0.15) is 31.2 Å². The molecule has 4 nitrogen and oxygen atoms in total. The summed E-state index contributed by atoms with van der Waals surface area (Å²) in [6, 6.07) is 9.35. The second-order valence-corrected chi connectivity index (χ2v) is 6.01. The second kappa shape index (κ2) is 6.77. The third-order valence-electron chi connectivity index (χ3n) is 4.04. The van der Waals surface area contributed by atoms with Gasteiger partial charge < -0.3 is 9.88 Å². The fourth-order valence-corrected chi connectivity index (χ4v) is 2.50. The van der Waals surface area contributed by atoms with Crippen molar-refractivity contribution in [3.05, 3.63) is 64.3 Å². The van der Waals surface area contributed by atoms with Crippen molar-refractivity contribution >= 4 is 11.6 Å². The van der Waals surface area contributed by atoms with Gasteiger partial charge in [0, 0.05) is 12.6 Å². The van der Waals surface area contributed by atoms with E-state index in [1.54, 1.807) is 30.5 Å². The zero-order chi connectivity index (χ0) is 16.2. The summed E-state index contributed by atoms with van der Waals surface area (Å²) >= 11 is 0. The van der Waals surface area contributed by atoms with Crippen LogP contribution in [0.3, 0.4) is 0 Å². The zero-order valence-electron chi connectivity index (χ0n) is 12.8. The monoisotopic (exact) mass is 314 g/mol. The van der Waals surface area contributed by atoms with Crippen LogP contribution < -0.4 is 10.9 Å². The Hall–Kier alpha value is -2.43. The number of pyridine rings is 1. The van der Waals surface area contributed by atoms with Crippen LogP contribution in [0.4, 0.5) is 10.1 Å². The molecule has 2 aromatic rings. The summed E-state index contributed by atoms with van der Waals surface area (Å²) in [4.78, 5) is 24.3. The van der Waals surface area contributed by atoms with Crippen LogP contribution >= 0.6 is 0 Å². The van der Waals surface area contributed by atoms with Gasteiger partial charge in [-0.15, -0.1) is 0 Å². The summed E-state index contributed by atoms with van der Waals surface area (Å²) in [6.45, 7) is 0.338. The molecule has 1 heterocycles. The van der Waals surface area contributed by atoms with Gasteiger partial charge in [0.2, 0.25) is 5.91 Å². The molecule has 1 aliphatic rings. The molecular weight excluding hydrogens is 295 g/mol. The number of aromatic nitrogens is 1. The lowest BCUT2D eigenvalue weighted by atomic mass is 10.2. The lowest BCUT2D eigenvalue weighted by Gasteiger charge is -2.09. The Morgan fingerprint density at radius 1 is 1.22 bits per heavy atom. The predicted molar refractivity (Wildman–Crippen MR) is 86.8 cm³/mol. The molecule has 1 saturated carbocycles. The molecule has 3 rings (SSSR count). The van der Waals surface area contributed by atoms with E-state index in [1.807, 2.05) is 0 Å². The first-order valence-electron chi connectivity index (χ1n) is 7.85.